The zero-order chi connectivity index (χ0) is 11.6. The average Bonchev–Trinajstić information content (AvgIpc) is 2.46. The highest BCUT2D eigenvalue weighted by molar-refractivity contribution is 7.18. The van der Waals surface area contributed by atoms with Crippen molar-refractivity contribution in [1.29, 1.82) is 0 Å². The summed E-state index contributed by atoms with van der Waals surface area (Å²) in [6.07, 6.45) is -3.11. The lowest BCUT2D eigenvalue weighted by Gasteiger charge is -1.98. The minimum atomic E-state index is -3.11. The minimum Gasteiger partial charge on any atom is -0.477 e. The van der Waals surface area contributed by atoms with Crippen molar-refractivity contribution in [2.24, 2.45) is 0 Å². The van der Waals surface area contributed by atoms with Gasteiger partial charge in [0.25, 0.3) is 5.91 Å². The van der Waals surface area contributed by atoms with Gasteiger partial charge in [0.15, 0.2) is 0 Å². The van der Waals surface area contributed by atoms with Crippen molar-refractivity contribution in [3.8, 4) is 0 Å². The number of aryl methyl sites for hydroxylation is 1. The molecule has 1 amide bonds. The van der Waals surface area contributed by atoms with E-state index >= 15 is 0 Å². The Morgan fingerprint density at radius 2 is 2.13 bits per heavy atom. The number of carbonyl (C=O) groups excluding carboxylic acids is 1. The van der Waals surface area contributed by atoms with E-state index < -0.39 is 18.3 Å². The Kier molecular flexibility index (Phi) is 3.35. The Morgan fingerprint density at radius 3 is 2.53 bits per heavy atom. The Morgan fingerprint density at radius 1 is 1.53 bits per heavy atom. The minimum absolute atomic E-state index is 0.0274. The molecule has 0 aliphatic carbocycles. The molecule has 0 spiro atoms. The Labute approximate surface area is 87.5 Å². The number of thiophene rings is 1. The molecule has 15 heavy (non-hydrogen) atoms. The van der Waals surface area contributed by atoms with Crippen LogP contribution < -0.4 is 5.32 Å². The van der Waals surface area contributed by atoms with Crippen LogP contribution in [-0.2, 0) is 4.79 Å². The molecular formula is C8H7F2NO3S. The van der Waals surface area contributed by atoms with E-state index in [1.165, 1.54) is 13.0 Å². The molecule has 0 saturated heterocycles. The number of aromatic carboxylic acids is 1. The van der Waals surface area contributed by atoms with Crippen LogP contribution in [0.5, 0.6) is 0 Å². The van der Waals surface area contributed by atoms with E-state index in [2.05, 4.69) is 0 Å². The van der Waals surface area contributed by atoms with Gasteiger partial charge in [0.05, 0.1) is 5.00 Å². The molecule has 82 valence electrons. The van der Waals surface area contributed by atoms with Crippen LogP contribution in [-0.4, -0.2) is 23.4 Å². The number of carboxylic acid groups (broad SMARTS) is 1. The number of alkyl halides is 2. The Balaban J connectivity index is 2.84. The number of rotatable bonds is 3. The standard InChI is InChI=1S/C8H7F2NO3S/c1-3-2-4(11-7(12)6(9)10)15-5(3)8(13)14/h2,6H,1H3,(H,11,12)(H,13,14). The molecule has 2 N–H and O–H groups in total. The van der Waals surface area contributed by atoms with Crippen molar-refractivity contribution in [2.45, 2.75) is 13.3 Å². The van der Waals surface area contributed by atoms with E-state index in [1.54, 1.807) is 0 Å². The lowest BCUT2D eigenvalue weighted by Crippen LogP contribution is -2.19. The molecule has 1 aromatic rings. The molecule has 0 aromatic carbocycles. The van der Waals surface area contributed by atoms with Crippen LogP contribution in [0.2, 0.25) is 0 Å². The third kappa shape index (κ3) is 2.72. The second-order valence-electron chi connectivity index (χ2n) is 2.72. The summed E-state index contributed by atoms with van der Waals surface area (Å²) in [5, 5.41) is 10.7. The summed E-state index contributed by atoms with van der Waals surface area (Å²) in [7, 11) is 0. The fourth-order valence-corrected chi connectivity index (χ4v) is 1.85. The lowest BCUT2D eigenvalue weighted by atomic mass is 10.3. The van der Waals surface area contributed by atoms with Gasteiger partial charge in [-0.3, -0.25) is 4.79 Å². The number of amides is 1. The van der Waals surface area contributed by atoms with Crippen LogP contribution in [0.4, 0.5) is 13.8 Å². The van der Waals surface area contributed by atoms with Gasteiger partial charge in [-0.05, 0) is 18.6 Å². The Hall–Kier alpha value is -1.50. The number of nitrogens with one attached hydrogen (secondary N) is 1. The summed E-state index contributed by atoms with van der Waals surface area (Å²) < 4.78 is 23.7. The number of hydrogen-bond donors (Lipinski definition) is 2. The zero-order valence-corrected chi connectivity index (χ0v) is 8.40. The predicted molar refractivity (Wildman–Crippen MR) is 50.6 cm³/mol. The van der Waals surface area contributed by atoms with Crippen molar-refractivity contribution in [2.75, 3.05) is 5.32 Å². The smallest absolute Gasteiger partial charge is 0.346 e. The van der Waals surface area contributed by atoms with Crippen LogP contribution >= 0.6 is 11.3 Å². The van der Waals surface area contributed by atoms with Gasteiger partial charge in [0, 0.05) is 0 Å². The van der Waals surface area contributed by atoms with E-state index in [0.29, 0.717) is 5.56 Å². The van der Waals surface area contributed by atoms with Crippen molar-refractivity contribution < 1.29 is 23.5 Å². The monoisotopic (exact) mass is 235 g/mol. The van der Waals surface area contributed by atoms with Crippen LogP contribution in [0, 0.1) is 6.92 Å². The average molecular weight is 235 g/mol. The second-order valence-corrected chi connectivity index (χ2v) is 3.77. The first kappa shape index (κ1) is 11.6. The topological polar surface area (TPSA) is 66.4 Å². The normalized spacial score (nSPS) is 10.4. The maximum Gasteiger partial charge on any atom is 0.346 e. The molecule has 4 nitrogen and oxygen atoms in total. The van der Waals surface area contributed by atoms with E-state index in [1.807, 2.05) is 5.32 Å². The van der Waals surface area contributed by atoms with Gasteiger partial charge < -0.3 is 10.4 Å². The molecule has 0 fully saturated rings. The second kappa shape index (κ2) is 4.35. The fourth-order valence-electron chi connectivity index (χ4n) is 0.932. The predicted octanol–water partition coefficient (Wildman–Crippen LogP) is 1.96. The summed E-state index contributed by atoms with van der Waals surface area (Å²) in [6.45, 7) is 1.53. The zero-order valence-electron chi connectivity index (χ0n) is 7.58. The highest BCUT2D eigenvalue weighted by Crippen LogP contribution is 2.26. The largest absolute Gasteiger partial charge is 0.477 e. The number of carbonyl (C=O) groups is 2. The van der Waals surface area contributed by atoms with Gasteiger partial charge in [-0.15, -0.1) is 11.3 Å². The number of hydrogen-bond acceptors (Lipinski definition) is 3. The number of carboxylic acids is 1. The van der Waals surface area contributed by atoms with Gasteiger partial charge in [0.1, 0.15) is 4.88 Å². The molecule has 0 atom stereocenters. The van der Waals surface area contributed by atoms with Crippen molar-refractivity contribution in [3.63, 3.8) is 0 Å². The van der Waals surface area contributed by atoms with E-state index in [0.717, 1.165) is 11.3 Å². The highest BCUT2D eigenvalue weighted by Gasteiger charge is 2.18. The Bertz CT molecular complexity index is 403. The molecular weight excluding hydrogens is 228 g/mol. The fraction of sp³-hybridized carbons (Fsp3) is 0.250. The molecule has 1 heterocycles. The highest BCUT2D eigenvalue weighted by atomic mass is 32.1. The summed E-state index contributed by atoms with van der Waals surface area (Å²) in [6, 6.07) is 1.34. The molecule has 0 bridgehead atoms. The molecule has 0 unspecified atom stereocenters. The summed E-state index contributed by atoms with van der Waals surface area (Å²) >= 11 is 0.749. The summed E-state index contributed by atoms with van der Waals surface area (Å²) in [4.78, 5) is 21.2. The van der Waals surface area contributed by atoms with Crippen LogP contribution in [0.25, 0.3) is 0 Å². The molecule has 1 aromatic heterocycles. The molecule has 1 rings (SSSR count). The van der Waals surface area contributed by atoms with Gasteiger partial charge in [-0.1, -0.05) is 0 Å². The van der Waals surface area contributed by atoms with E-state index in [9.17, 15) is 18.4 Å². The first-order valence-electron chi connectivity index (χ1n) is 3.84. The number of halogens is 2. The van der Waals surface area contributed by atoms with Gasteiger partial charge in [0.2, 0.25) is 0 Å². The first-order valence-corrected chi connectivity index (χ1v) is 4.66. The molecule has 0 radical (unpaired) electrons. The van der Waals surface area contributed by atoms with Crippen LogP contribution in [0.3, 0.4) is 0 Å². The number of anilines is 1. The lowest BCUT2D eigenvalue weighted by molar-refractivity contribution is -0.126. The van der Waals surface area contributed by atoms with Gasteiger partial charge in [-0.2, -0.15) is 8.78 Å². The quantitative estimate of drug-likeness (QED) is 0.841. The van der Waals surface area contributed by atoms with E-state index in [-0.39, 0.29) is 9.88 Å². The van der Waals surface area contributed by atoms with E-state index in [4.69, 9.17) is 5.11 Å². The van der Waals surface area contributed by atoms with Crippen LogP contribution in [0.1, 0.15) is 15.2 Å². The summed E-state index contributed by atoms with van der Waals surface area (Å²) in [5.74, 6) is -2.58. The maximum absolute atomic E-state index is 11.9. The molecule has 0 aliphatic heterocycles. The molecule has 0 aliphatic rings. The third-order valence-electron chi connectivity index (χ3n) is 1.56. The van der Waals surface area contributed by atoms with Gasteiger partial charge >= 0.3 is 12.4 Å². The summed E-state index contributed by atoms with van der Waals surface area (Å²) in [5.41, 5.74) is 0.428. The van der Waals surface area contributed by atoms with Crippen LogP contribution in [0.15, 0.2) is 6.07 Å². The van der Waals surface area contributed by atoms with Crippen molar-refractivity contribution >= 4 is 28.2 Å². The van der Waals surface area contributed by atoms with Gasteiger partial charge in [-0.25, -0.2) is 4.79 Å². The van der Waals surface area contributed by atoms with Crippen molar-refractivity contribution in [1.82, 2.24) is 0 Å². The molecule has 0 saturated carbocycles. The molecule has 7 heteroatoms. The van der Waals surface area contributed by atoms with Crippen molar-refractivity contribution in [3.05, 3.63) is 16.5 Å². The third-order valence-corrected chi connectivity index (χ3v) is 2.70. The SMILES string of the molecule is Cc1cc(NC(=O)C(F)F)sc1C(=O)O. The first-order chi connectivity index (χ1) is 6.91. The maximum atomic E-state index is 11.9.